The number of aliphatic hydroxyl groups excluding tert-OH is 1. The van der Waals surface area contributed by atoms with Gasteiger partial charge in [-0.25, -0.2) is 4.79 Å². The Bertz CT molecular complexity index is 458. The maximum atomic E-state index is 12.0. The summed E-state index contributed by atoms with van der Waals surface area (Å²) in [5.74, 6) is -0.412. The van der Waals surface area contributed by atoms with E-state index in [1.54, 1.807) is 25.1 Å². The molecule has 0 aliphatic carbocycles. The van der Waals surface area contributed by atoms with E-state index < -0.39 is 11.5 Å². The first-order valence-corrected chi connectivity index (χ1v) is 6.24. The Hall–Kier alpha value is -1.75. The zero-order chi connectivity index (χ0) is 14.6. The number of likely N-dealkylation sites (N-methyl/N-ethyl adjacent to an activating group) is 1. The van der Waals surface area contributed by atoms with Gasteiger partial charge in [-0.1, -0.05) is 0 Å². The average molecular weight is 266 g/mol. The highest BCUT2D eigenvalue weighted by Crippen LogP contribution is 2.28. The minimum absolute atomic E-state index is 0.0316. The Morgan fingerprint density at radius 1 is 1.47 bits per heavy atom. The van der Waals surface area contributed by atoms with Crippen molar-refractivity contribution >= 4 is 17.3 Å². The molecule has 0 aliphatic heterocycles. The van der Waals surface area contributed by atoms with Crippen LogP contribution in [0.15, 0.2) is 18.2 Å². The van der Waals surface area contributed by atoms with Crippen LogP contribution in [0.4, 0.5) is 11.4 Å². The van der Waals surface area contributed by atoms with Crippen molar-refractivity contribution in [2.45, 2.75) is 26.3 Å². The zero-order valence-corrected chi connectivity index (χ0v) is 11.9. The minimum atomic E-state index is -0.489. The molecule has 19 heavy (non-hydrogen) atoms. The molecule has 5 heteroatoms. The molecule has 3 N–H and O–H groups in total. The van der Waals surface area contributed by atoms with Crippen molar-refractivity contribution in [3.8, 4) is 0 Å². The minimum Gasteiger partial charge on any atom is -0.462 e. The molecular formula is C14H22N2O3. The van der Waals surface area contributed by atoms with Crippen LogP contribution < -0.4 is 10.6 Å². The molecule has 0 aliphatic rings. The van der Waals surface area contributed by atoms with Crippen molar-refractivity contribution in [2.75, 3.05) is 30.9 Å². The summed E-state index contributed by atoms with van der Waals surface area (Å²) in [4.78, 5) is 13.8. The van der Waals surface area contributed by atoms with Gasteiger partial charge in [-0.3, -0.25) is 0 Å². The number of rotatable bonds is 5. The van der Waals surface area contributed by atoms with Crippen molar-refractivity contribution in [1.82, 2.24) is 0 Å². The van der Waals surface area contributed by atoms with Crippen molar-refractivity contribution in [2.24, 2.45) is 0 Å². The molecule has 0 unspecified atom stereocenters. The third kappa shape index (κ3) is 3.38. The number of nitrogen functional groups attached to an aromatic ring is 1. The summed E-state index contributed by atoms with van der Waals surface area (Å²) >= 11 is 0. The highest BCUT2D eigenvalue weighted by atomic mass is 16.5. The van der Waals surface area contributed by atoms with E-state index in [-0.39, 0.29) is 6.61 Å². The number of nitrogens with zero attached hydrogens (tertiary/aromatic N) is 1. The van der Waals surface area contributed by atoms with Crippen LogP contribution in [0.2, 0.25) is 0 Å². The molecule has 106 valence electrons. The van der Waals surface area contributed by atoms with Gasteiger partial charge >= 0.3 is 5.97 Å². The number of benzene rings is 1. The first kappa shape index (κ1) is 15.3. The van der Waals surface area contributed by atoms with Gasteiger partial charge in [0.15, 0.2) is 0 Å². The lowest BCUT2D eigenvalue weighted by Crippen LogP contribution is -2.45. The summed E-state index contributed by atoms with van der Waals surface area (Å²) in [5, 5.41) is 9.43. The van der Waals surface area contributed by atoms with Crippen LogP contribution in [-0.4, -0.2) is 36.9 Å². The van der Waals surface area contributed by atoms with Crippen LogP contribution in [0, 0.1) is 0 Å². The Kier molecular flexibility index (Phi) is 4.78. The molecule has 0 bridgehead atoms. The van der Waals surface area contributed by atoms with E-state index in [2.05, 4.69) is 0 Å². The van der Waals surface area contributed by atoms with Gasteiger partial charge in [0.05, 0.1) is 30.0 Å². The Morgan fingerprint density at radius 3 is 2.63 bits per heavy atom. The fraction of sp³-hybridized carbons (Fsp3) is 0.500. The van der Waals surface area contributed by atoms with E-state index in [0.717, 1.165) is 0 Å². The second-order valence-corrected chi connectivity index (χ2v) is 5.03. The third-order valence-electron chi connectivity index (χ3n) is 3.17. The van der Waals surface area contributed by atoms with E-state index in [1.807, 2.05) is 25.8 Å². The lowest BCUT2D eigenvalue weighted by atomic mass is 10.0. The van der Waals surface area contributed by atoms with E-state index in [0.29, 0.717) is 23.5 Å². The summed E-state index contributed by atoms with van der Waals surface area (Å²) in [6.07, 6.45) is 0. The highest BCUT2D eigenvalue weighted by Gasteiger charge is 2.26. The van der Waals surface area contributed by atoms with Crippen LogP contribution in [-0.2, 0) is 4.74 Å². The molecule has 0 radical (unpaired) electrons. The molecule has 0 heterocycles. The van der Waals surface area contributed by atoms with Crippen LogP contribution >= 0.6 is 0 Å². The predicted octanol–water partition coefficient (Wildman–Crippen LogP) is 1.65. The quantitative estimate of drug-likeness (QED) is 0.626. The van der Waals surface area contributed by atoms with Crippen LogP contribution in [0.25, 0.3) is 0 Å². The molecule has 0 saturated carbocycles. The van der Waals surface area contributed by atoms with Gasteiger partial charge in [0.25, 0.3) is 0 Å². The van der Waals surface area contributed by atoms with E-state index in [9.17, 15) is 9.90 Å². The smallest absolute Gasteiger partial charge is 0.340 e. The molecule has 0 aromatic heterocycles. The molecule has 5 nitrogen and oxygen atoms in total. The van der Waals surface area contributed by atoms with Gasteiger partial charge in [-0.2, -0.15) is 0 Å². The largest absolute Gasteiger partial charge is 0.462 e. The first-order chi connectivity index (χ1) is 8.83. The maximum Gasteiger partial charge on any atom is 0.340 e. The van der Waals surface area contributed by atoms with E-state index in [1.165, 1.54) is 0 Å². The number of esters is 1. The summed E-state index contributed by atoms with van der Waals surface area (Å²) in [7, 11) is 1.82. The molecule has 1 rings (SSSR count). The normalized spacial score (nSPS) is 11.2. The zero-order valence-electron chi connectivity index (χ0n) is 11.9. The number of aliphatic hydroxyl groups is 1. The highest BCUT2D eigenvalue weighted by molar-refractivity contribution is 5.97. The Balaban J connectivity index is 3.24. The number of anilines is 2. The lowest BCUT2D eigenvalue weighted by Gasteiger charge is -2.36. The molecule has 0 amide bonds. The van der Waals surface area contributed by atoms with E-state index in [4.69, 9.17) is 10.5 Å². The van der Waals surface area contributed by atoms with Gasteiger partial charge in [-0.05, 0) is 39.0 Å². The molecule has 1 aromatic carbocycles. The molecule has 0 spiro atoms. The lowest BCUT2D eigenvalue weighted by molar-refractivity contribution is 0.0526. The maximum absolute atomic E-state index is 12.0. The summed E-state index contributed by atoms with van der Waals surface area (Å²) in [6.45, 7) is 5.80. The molecule has 0 fully saturated rings. The second-order valence-electron chi connectivity index (χ2n) is 5.03. The van der Waals surface area contributed by atoms with Crippen LogP contribution in [0.3, 0.4) is 0 Å². The number of nitrogens with two attached hydrogens (primary N) is 1. The average Bonchev–Trinajstić information content (AvgIpc) is 2.38. The standard InChI is InChI=1S/C14H22N2O3/c1-5-19-13(18)11-8-10(15)6-7-12(11)16(4)14(2,3)9-17/h6-8,17H,5,9,15H2,1-4H3. The van der Waals surface area contributed by atoms with Gasteiger partial charge in [0.2, 0.25) is 0 Å². The number of ether oxygens (including phenoxy) is 1. The number of carbonyl (C=O) groups is 1. The van der Waals surface area contributed by atoms with Crippen molar-refractivity contribution in [3.63, 3.8) is 0 Å². The number of hydrogen-bond acceptors (Lipinski definition) is 5. The predicted molar refractivity (Wildman–Crippen MR) is 76.4 cm³/mol. The van der Waals surface area contributed by atoms with Crippen molar-refractivity contribution in [3.05, 3.63) is 23.8 Å². The van der Waals surface area contributed by atoms with Gasteiger partial charge in [-0.15, -0.1) is 0 Å². The van der Waals surface area contributed by atoms with Crippen molar-refractivity contribution < 1.29 is 14.6 Å². The van der Waals surface area contributed by atoms with Crippen LogP contribution in [0.5, 0.6) is 0 Å². The molecular weight excluding hydrogens is 244 g/mol. The second kappa shape index (κ2) is 5.93. The monoisotopic (exact) mass is 266 g/mol. The fourth-order valence-electron chi connectivity index (χ4n) is 1.65. The Labute approximate surface area is 114 Å². The molecule has 1 aromatic rings. The summed E-state index contributed by atoms with van der Waals surface area (Å²) < 4.78 is 5.04. The van der Waals surface area contributed by atoms with Crippen LogP contribution in [0.1, 0.15) is 31.1 Å². The summed E-state index contributed by atoms with van der Waals surface area (Å²) in [6, 6.07) is 5.08. The number of carbonyl (C=O) groups excluding carboxylic acids is 1. The molecule has 0 saturated heterocycles. The third-order valence-corrected chi connectivity index (χ3v) is 3.17. The van der Waals surface area contributed by atoms with Gasteiger partial charge in [0, 0.05) is 12.7 Å². The van der Waals surface area contributed by atoms with E-state index >= 15 is 0 Å². The van der Waals surface area contributed by atoms with Gasteiger partial charge in [0.1, 0.15) is 0 Å². The molecule has 0 atom stereocenters. The number of hydrogen-bond donors (Lipinski definition) is 2. The summed E-state index contributed by atoms with van der Waals surface area (Å²) in [5.41, 5.74) is 6.84. The Morgan fingerprint density at radius 2 is 2.11 bits per heavy atom. The SMILES string of the molecule is CCOC(=O)c1cc(N)ccc1N(C)C(C)(C)CO. The first-order valence-electron chi connectivity index (χ1n) is 6.24. The fourth-order valence-corrected chi connectivity index (χ4v) is 1.65. The van der Waals surface area contributed by atoms with Gasteiger partial charge < -0.3 is 20.5 Å². The van der Waals surface area contributed by atoms with Crippen molar-refractivity contribution in [1.29, 1.82) is 0 Å². The topological polar surface area (TPSA) is 75.8 Å².